The molecular formula is C37H53N3O15. The molecule has 1 saturated heterocycles. The van der Waals surface area contributed by atoms with Crippen LogP contribution < -0.4 is 11.2 Å². The number of esters is 5. The summed E-state index contributed by atoms with van der Waals surface area (Å²) in [5, 5.41) is 16.9. The van der Waals surface area contributed by atoms with Crippen LogP contribution in [0.1, 0.15) is 92.9 Å². The van der Waals surface area contributed by atoms with E-state index in [1.54, 1.807) is 0 Å². The Hall–Kier alpha value is -4.16. The minimum absolute atomic E-state index is 0.000381. The Balaban J connectivity index is 1.45. The molecule has 5 rings (SSSR count). The van der Waals surface area contributed by atoms with Crippen molar-refractivity contribution in [3.63, 3.8) is 0 Å². The lowest BCUT2D eigenvalue weighted by Crippen LogP contribution is -2.64. The maximum atomic E-state index is 14.4. The van der Waals surface area contributed by atoms with E-state index in [0.717, 1.165) is 47.1 Å². The molecule has 13 atom stereocenters. The van der Waals surface area contributed by atoms with E-state index in [1.165, 1.54) is 6.92 Å². The van der Waals surface area contributed by atoms with Crippen LogP contribution in [0.5, 0.6) is 0 Å². The number of ketones is 1. The van der Waals surface area contributed by atoms with E-state index in [-0.39, 0.29) is 65.5 Å². The number of methoxy groups -OCH3 is 1. The molecule has 0 unspecified atom stereocenters. The van der Waals surface area contributed by atoms with Crippen molar-refractivity contribution in [1.82, 2.24) is 5.43 Å². The Bertz CT molecular complexity index is 1600. The fourth-order valence-corrected chi connectivity index (χ4v) is 10.6. The number of Topliss-reactive ketones (excluding diaryl/α,β-unsaturated/α-hetero) is 1. The van der Waals surface area contributed by atoms with Crippen LogP contribution in [0, 0.1) is 34.5 Å². The number of carbonyl (C=O) groups excluding carboxylic acids is 7. The van der Waals surface area contributed by atoms with Crippen LogP contribution in [-0.4, -0.2) is 109 Å². The van der Waals surface area contributed by atoms with Crippen LogP contribution in [0.15, 0.2) is 5.10 Å². The predicted molar refractivity (Wildman–Crippen MR) is 186 cm³/mol. The lowest BCUT2D eigenvalue weighted by atomic mass is 9.44. The minimum atomic E-state index is -1.84. The third-order valence-corrected chi connectivity index (χ3v) is 12.8. The van der Waals surface area contributed by atoms with Gasteiger partial charge in [0.15, 0.2) is 30.7 Å². The monoisotopic (exact) mass is 779 g/mol. The Morgan fingerprint density at radius 1 is 0.873 bits per heavy atom. The number of fused-ring (bicyclic) bond motifs is 5. The summed E-state index contributed by atoms with van der Waals surface area (Å²) in [5.74, 6) is -4.23. The molecule has 1 heterocycles. The number of hydrogen-bond donors (Lipinski definition) is 3. The van der Waals surface area contributed by atoms with E-state index in [2.05, 4.69) is 17.5 Å². The lowest BCUT2D eigenvalue weighted by Gasteiger charge is -2.60. The standard InChI is InChI=1S/C37H53N3O15/c1-17(41)51-22-10-12-35(5)21(14-22)8-9-23-24-11-13-37(48,36(24,6)15-25(45)27(23)35)26(39-40-34(38)47)16-50-33-31(54-20(4)44)29(53-19(3)43)28(52-18(2)42)30(55-33)32(46)49-7/h21-24,27-31,33,48H,8-16H2,1-7H3,(H3,38,40,47)/b39-26+/t21-,22-,23+,24-,27-,28-,29-,30-,31+,33+,35+,36-,37+/m1/s1. The molecule has 4 N–H and O–H groups in total. The number of amides is 2. The van der Waals surface area contributed by atoms with Gasteiger partial charge in [-0.2, -0.15) is 5.10 Å². The zero-order valence-electron chi connectivity index (χ0n) is 32.3. The highest BCUT2D eigenvalue weighted by atomic mass is 16.7. The maximum absolute atomic E-state index is 14.4. The number of nitrogens with zero attached hydrogens (tertiary/aromatic N) is 1. The largest absolute Gasteiger partial charge is 0.467 e. The summed E-state index contributed by atoms with van der Waals surface area (Å²) < 4.78 is 38.6. The zero-order chi connectivity index (χ0) is 40.6. The number of hydrazone groups is 1. The Morgan fingerprint density at radius 2 is 1.49 bits per heavy atom. The van der Waals surface area contributed by atoms with Gasteiger partial charge in [-0.25, -0.2) is 15.0 Å². The van der Waals surface area contributed by atoms with Crippen LogP contribution >= 0.6 is 0 Å². The van der Waals surface area contributed by atoms with Crippen molar-refractivity contribution in [2.75, 3.05) is 13.7 Å². The number of aliphatic hydroxyl groups is 1. The van der Waals surface area contributed by atoms with Gasteiger partial charge in [0, 0.05) is 45.4 Å². The van der Waals surface area contributed by atoms with E-state index in [9.17, 15) is 38.7 Å². The molecule has 0 bridgehead atoms. The average Bonchev–Trinajstić information content (AvgIpc) is 3.35. The van der Waals surface area contributed by atoms with Gasteiger partial charge in [-0.05, 0) is 68.1 Å². The van der Waals surface area contributed by atoms with Gasteiger partial charge in [0.1, 0.15) is 17.5 Å². The third kappa shape index (κ3) is 8.08. The van der Waals surface area contributed by atoms with Crippen LogP contribution in [0.4, 0.5) is 4.79 Å². The number of primary amides is 1. The fraction of sp³-hybridized carbons (Fsp3) is 0.784. The molecule has 4 saturated carbocycles. The topological polar surface area (TPSA) is 255 Å². The predicted octanol–water partition coefficient (Wildman–Crippen LogP) is 1.60. The van der Waals surface area contributed by atoms with E-state index >= 15 is 0 Å². The molecule has 0 spiro atoms. The summed E-state index contributed by atoms with van der Waals surface area (Å²) in [7, 11) is 1.05. The van der Waals surface area contributed by atoms with Gasteiger partial charge < -0.3 is 44.0 Å². The number of nitrogens with two attached hydrogens (primary N) is 1. The van der Waals surface area contributed by atoms with Gasteiger partial charge in [0.05, 0.1) is 19.4 Å². The Kier molecular flexibility index (Phi) is 12.3. The van der Waals surface area contributed by atoms with Gasteiger partial charge in [-0.15, -0.1) is 0 Å². The molecule has 2 amide bonds. The second-order valence-corrected chi connectivity index (χ2v) is 16.0. The smallest absolute Gasteiger partial charge is 0.339 e. The van der Waals surface area contributed by atoms with E-state index in [4.69, 9.17) is 38.9 Å². The number of ether oxygens (including phenoxy) is 7. The van der Waals surface area contributed by atoms with Crippen molar-refractivity contribution in [3.05, 3.63) is 0 Å². The van der Waals surface area contributed by atoms with Crippen molar-refractivity contribution in [3.8, 4) is 0 Å². The first-order valence-electron chi connectivity index (χ1n) is 18.7. The molecule has 0 aromatic heterocycles. The normalized spacial score (nSPS) is 39.6. The molecule has 18 heteroatoms. The molecule has 55 heavy (non-hydrogen) atoms. The number of nitrogens with one attached hydrogen (secondary N) is 1. The Morgan fingerprint density at radius 3 is 2.09 bits per heavy atom. The second kappa shape index (κ2) is 16.1. The maximum Gasteiger partial charge on any atom is 0.339 e. The van der Waals surface area contributed by atoms with E-state index in [1.807, 2.05) is 6.92 Å². The summed E-state index contributed by atoms with van der Waals surface area (Å²) in [4.78, 5) is 87.7. The molecule has 5 fully saturated rings. The molecule has 4 aliphatic carbocycles. The van der Waals surface area contributed by atoms with Gasteiger partial charge >= 0.3 is 35.9 Å². The van der Waals surface area contributed by atoms with E-state index < -0.39 is 78.2 Å². The lowest BCUT2D eigenvalue weighted by molar-refractivity contribution is -0.298. The number of urea groups is 1. The molecule has 1 aliphatic heterocycles. The summed E-state index contributed by atoms with van der Waals surface area (Å²) >= 11 is 0. The summed E-state index contributed by atoms with van der Waals surface area (Å²) in [6.45, 7) is 7.94. The summed E-state index contributed by atoms with van der Waals surface area (Å²) in [6.07, 6.45) is -4.20. The van der Waals surface area contributed by atoms with Crippen molar-refractivity contribution in [2.45, 2.75) is 135 Å². The SMILES string of the molecule is COC(=O)[C@@H]1O[C@H](OC/C(=N\NC(N)=O)[C@@]2(O)CC[C@@H]3[C@@H]4CC[C@@H]5C[C@H](OC(C)=O)CC[C@]5(C)[C@H]4C(=O)C[C@]32C)[C@@H](OC(C)=O)[C@H](OC(C)=O)[C@H]1OC(C)=O. The average molecular weight is 780 g/mol. The van der Waals surface area contributed by atoms with Crippen LogP contribution in [0.2, 0.25) is 0 Å². The first kappa shape index (κ1) is 42.0. The minimum Gasteiger partial charge on any atom is -0.467 e. The highest BCUT2D eigenvalue weighted by molar-refractivity contribution is 5.97. The van der Waals surface area contributed by atoms with Crippen LogP contribution in [0.3, 0.4) is 0 Å². The van der Waals surface area contributed by atoms with Gasteiger partial charge in [-0.1, -0.05) is 13.8 Å². The van der Waals surface area contributed by atoms with Crippen molar-refractivity contribution >= 4 is 47.4 Å². The number of rotatable bonds is 10. The summed E-state index contributed by atoms with van der Waals surface area (Å²) in [6, 6.07) is -1.05. The van der Waals surface area contributed by atoms with Crippen molar-refractivity contribution in [1.29, 1.82) is 0 Å². The van der Waals surface area contributed by atoms with Crippen molar-refractivity contribution in [2.24, 2.45) is 45.3 Å². The van der Waals surface area contributed by atoms with Gasteiger partial charge in [-0.3, -0.25) is 24.0 Å². The van der Waals surface area contributed by atoms with E-state index in [0.29, 0.717) is 19.3 Å². The second-order valence-electron chi connectivity index (χ2n) is 16.0. The molecule has 5 aliphatic rings. The molecular weight excluding hydrogens is 726 g/mol. The molecule has 0 aromatic rings. The fourth-order valence-electron chi connectivity index (χ4n) is 10.6. The Labute approximate surface area is 318 Å². The summed E-state index contributed by atoms with van der Waals surface area (Å²) in [5.41, 5.74) is 4.19. The highest BCUT2D eigenvalue weighted by Crippen LogP contribution is 2.67. The molecule has 0 radical (unpaired) electrons. The first-order valence-corrected chi connectivity index (χ1v) is 18.7. The quantitative estimate of drug-likeness (QED) is 0.123. The first-order chi connectivity index (χ1) is 25.7. The van der Waals surface area contributed by atoms with Crippen LogP contribution in [-0.2, 0) is 61.9 Å². The van der Waals surface area contributed by atoms with Crippen molar-refractivity contribution < 1.29 is 71.8 Å². The number of hydrogen-bond acceptors (Lipinski definition) is 16. The van der Waals surface area contributed by atoms with Gasteiger partial charge in [0.25, 0.3) is 0 Å². The van der Waals surface area contributed by atoms with Crippen LogP contribution in [0.25, 0.3) is 0 Å². The third-order valence-electron chi connectivity index (χ3n) is 12.8. The molecule has 306 valence electrons. The zero-order valence-corrected chi connectivity index (χ0v) is 32.3. The molecule has 18 nitrogen and oxygen atoms in total. The molecule has 0 aromatic carbocycles. The van der Waals surface area contributed by atoms with Gasteiger partial charge in [0.2, 0.25) is 0 Å². The highest BCUT2D eigenvalue weighted by Gasteiger charge is 2.69. The number of carbonyl (C=O) groups is 7.